The maximum absolute atomic E-state index is 12.5. The van der Waals surface area contributed by atoms with Crippen molar-refractivity contribution in [2.45, 2.75) is 25.1 Å². The van der Waals surface area contributed by atoms with Crippen molar-refractivity contribution in [3.8, 4) is 0 Å². The van der Waals surface area contributed by atoms with E-state index in [1.165, 1.54) is 0 Å². The van der Waals surface area contributed by atoms with Crippen LogP contribution in [0, 0.1) is 0 Å². The first-order chi connectivity index (χ1) is 9.30. The molecule has 0 aromatic carbocycles. The van der Waals surface area contributed by atoms with Gasteiger partial charge in [-0.2, -0.15) is 13.2 Å². The molecule has 0 aromatic rings. The number of alkyl halides is 3. The minimum absolute atomic E-state index is 0.00247. The summed E-state index contributed by atoms with van der Waals surface area (Å²) < 4.78 is 37.5. The molecule has 2 rings (SSSR count). The van der Waals surface area contributed by atoms with E-state index in [2.05, 4.69) is 4.90 Å². The van der Waals surface area contributed by atoms with Crippen LogP contribution in [-0.4, -0.2) is 78.5 Å². The number of hydrogen-bond acceptors (Lipinski definition) is 3. The number of rotatable bonds is 1. The monoisotopic (exact) mass is 293 g/mol. The summed E-state index contributed by atoms with van der Waals surface area (Å²) in [6, 6.07) is -0.951. The normalized spacial score (nSPS) is 25.1. The maximum atomic E-state index is 12.5. The highest BCUT2D eigenvalue weighted by Crippen LogP contribution is 2.26. The number of amides is 2. The molecule has 0 aromatic heterocycles. The van der Waals surface area contributed by atoms with Crippen LogP contribution in [-0.2, 0) is 9.59 Å². The molecule has 5 nitrogen and oxygen atoms in total. The van der Waals surface area contributed by atoms with E-state index in [0.717, 1.165) is 0 Å². The molecule has 0 radical (unpaired) electrons. The SMILES string of the molecule is CN1CCN(C(=O)C2CCCN2C(=O)C(F)(F)F)CC1. The maximum Gasteiger partial charge on any atom is 0.471 e. The average molecular weight is 293 g/mol. The summed E-state index contributed by atoms with van der Waals surface area (Å²) in [6.07, 6.45) is -4.16. The van der Waals surface area contributed by atoms with Crippen LogP contribution in [0.4, 0.5) is 13.2 Å². The first-order valence-corrected chi connectivity index (χ1v) is 6.66. The highest BCUT2D eigenvalue weighted by atomic mass is 19.4. The number of hydrogen-bond donors (Lipinski definition) is 0. The van der Waals surface area contributed by atoms with Crippen LogP contribution in [0.2, 0.25) is 0 Å². The number of halogens is 3. The van der Waals surface area contributed by atoms with Gasteiger partial charge in [-0.25, -0.2) is 0 Å². The molecule has 1 atom stereocenters. The van der Waals surface area contributed by atoms with Gasteiger partial charge in [0.05, 0.1) is 0 Å². The molecule has 0 N–H and O–H groups in total. The largest absolute Gasteiger partial charge is 0.471 e. The molecule has 0 spiro atoms. The van der Waals surface area contributed by atoms with Gasteiger partial charge in [-0.15, -0.1) is 0 Å². The number of carbonyl (C=O) groups excluding carboxylic acids is 2. The number of carbonyl (C=O) groups is 2. The number of piperazine rings is 1. The van der Waals surface area contributed by atoms with E-state index in [9.17, 15) is 22.8 Å². The van der Waals surface area contributed by atoms with Crippen molar-refractivity contribution < 1.29 is 22.8 Å². The Morgan fingerprint density at radius 1 is 1.05 bits per heavy atom. The predicted molar refractivity (Wildman–Crippen MR) is 64.9 cm³/mol. The zero-order chi connectivity index (χ0) is 14.9. The Morgan fingerprint density at radius 2 is 1.65 bits per heavy atom. The van der Waals surface area contributed by atoms with Gasteiger partial charge < -0.3 is 14.7 Å². The molecule has 2 heterocycles. The van der Waals surface area contributed by atoms with Gasteiger partial charge in [-0.3, -0.25) is 9.59 Å². The summed E-state index contributed by atoms with van der Waals surface area (Å²) in [4.78, 5) is 27.9. The molecule has 0 bridgehead atoms. The van der Waals surface area contributed by atoms with E-state index in [0.29, 0.717) is 43.9 Å². The Kier molecular flexibility index (Phi) is 4.22. The third-order valence-corrected chi connectivity index (χ3v) is 3.86. The lowest BCUT2D eigenvalue weighted by Gasteiger charge is -2.35. The fourth-order valence-electron chi connectivity index (χ4n) is 2.67. The minimum atomic E-state index is -4.91. The molecule has 0 aliphatic carbocycles. The second-order valence-corrected chi connectivity index (χ2v) is 5.28. The number of nitrogens with zero attached hydrogens (tertiary/aromatic N) is 3. The van der Waals surface area contributed by atoms with E-state index in [1.54, 1.807) is 4.90 Å². The standard InChI is InChI=1S/C12H18F3N3O2/c1-16-5-7-17(8-6-16)10(19)9-3-2-4-18(9)11(20)12(13,14)15/h9H,2-8H2,1H3. The second-order valence-electron chi connectivity index (χ2n) is 5.28. The van der Waals surface area contributed by atoms with Crippen LogP contribution in [0.5, 0.6) is 0 Å². The summed E-state index contributed by atoms with van der Waals surface area (Å²) >= 11 is 0. The van der Waals surface area contributed by atoms with E-state index >= 15 is 0 Å². The van der Waals surface area contributed by atoms with E-state index in [4.69, 9.17) is 0 Å². The predicted octanol–water partition coefficient (Wildman–Crippen LogP) is 0.314. The van der Waals surface area contributed by atoms with E-state index in [-0.39, 0.29) is 12.5 Å². The summed E-state index contributed by atoms with van der Waals surface area (Å²) in [5.74, 6) is -2.25. The van der Waals surface area contributed by atoms with Gasteiger partial charge in [-0.05, 0) is 19.9 Å². The van der Waals surface area contributed by atoms with E-state index < -0.39 is 18.1 Å². The Hall–Kier alpha value is -1.31. The highest BCUT2D eigenvalue weighted by Gasteiger charge is 2.48. The fraction of sp³-hybridized carbons (Fsp3) is 0.833. The zero-order valence-electron chi connectivity index (χ0n) is 11.3. The molecule has 0 saturated carbocycles. The molecule has 2 aliphatic heterocycles. The van der Waals surface area contributed by atoms with Crippen LogP contribution in [0.25, 0.3) is 0 Å². The lowest BCUT2D eigenvalue weighted by atomic mass is 10.1. The van der Waals surface area contributed by atoms with Gasteiger partial charge in [-0.1, -0.05) is 0 Å². The Balaban J connectivity index is 2.03. The minimum Gasteiger partial charge on any atom is -0.338 e. The second kappa shape index (κ2) is 5.59. The first kappa shape index (κ1) is 15.1. The van der Waals surface area contributed by atoms with Gasteiger partial charge in [0.15, 0.2) is 0 Å². The molecule has 2 amide bonds. The van der Waals surface area contributed by atoms with Crippen molar-refractivity contribution in [2.75, 3.05) is 39.8 Å². The van der Waals surface area contributed by atoms with Crippen LogP contribution in [0.15, 0.2) is 0 Å². The lowest BCUT2D eigenvalue weighted by Crippen LogP contribution is -2.55. The molecule has 2 saturated heterocycles. The number of likely N-dealkylation sites (tertiary alicyclic amines) is 1. The zero-order valence-corrected chi connectivity index (χ0v) is 11.3. The number of likely N-dealkylation sites (N-methyl/N-ethyl adjacent to an activating group) is 1. The van der Waals surface area contributed by atoms with Crippen LogP contribution < -0.4 is 0 Å². The molecule has 8 heteroatoms. The summed E-state index contributed by atoms with van der Waals surface area (Å²) in [6.45, 7) is 2.40. The molecular formula is C12H18F3N3O2. The van der Waals surface area contributed by atoms with Crippen molar-refractivity contribution in [1.29, 1.82) is 0 Å². The van der Waals surface area contributed by atoms with Gasteiger partial charge in [0, 0.05) is 32.7 Å². The molecule has 114 valence electrons. The van der Waals surface area contributed by atoms with E-state index in [1.807, 2.05) is 7.05 Å². The smallest absolute Gasteiger partial charge is 0.338 e. The molecular weight excluding hydrogens is 275 g/mol. The average Bonchev–Trinajstić information content (AvgIpc) is 2.85. The van der Waals surface area contributed by atoms with Crippen molar-refractivity contribution in [3.63, 3.8) is 0 Å². The summed E-state index contributed by atoms with van der Waals surface area (Å²) in [7, 11) is 1.93. The Morgan fingerprint density at radius 3 is 2.20 bits per heavy atom. The third kappa shape index (κ3) is 3.05. The lowest BCUT2D eigenvalue weighted by molar-refractivity contribution is -0.187. The molecule has 2 fully saturated rings. The Labute approximate surface area is 115 Å². The van der Waals surface area contributed by atoms with Gasteiger partial charge in [0.25, 0.3) is 0 Å². The molecule has 1 unspecified atom stereocenters. The van der Waals surface area contributed by atoms with Crippen molar-refractivity contribution in [2.24, 2.45) is 0 Å². The van der Waals surface area contributed by atoms with Crippen LogP contribution in [0.1, 0.15) is 12.8 Å². The summed E-state index contributed by atoms with van der Waals surface area (Å²) in [5.41, 5.74) is 0. The van der Waals surface area contributed by atoms with Crippen molar-refractivity contribution in [1.82, 2.24) is 14.7 Å². The summed E-state index contributed by atoms with van der Waals surface area (Å²) in [5, 5.41) is 0. The molecule has 20 heavy (non-hydrogen) atoms. The highest BCUT2D eigenvalue weighted by molar-refractivity contribution is 5.90. The van der Waals surface area contributed by atoms with Gasteiger partial charge in [0.1, 0.15) is 6.04 Å². The first-order valence-electron chi connectivity index (χ1n) is 6.66. The van der Waals surface area contributed by atoms with Crippen molar-refractivity contribution in [3.05, 3.63) is 0 Å². The van der Waals surface area contributed by atoms with Crippen molar-refractivity contribution >= 4 is 11.8 Å². The third-order valence-electron chi connectivity index (χ3n) is 3.86. The fourth-order valence-corrected chi connectivity index (χ4v) is 2.67. The van der Waals surface area contributed by atoms with Crippen LogP contribution in [0.3, 0.4) is 0 Å². The quantitative estimate of drug-likeness (QED) is 0.699. The molecule has 2 aliphatic rings. The van der Waals surface area contributed by atoms with Gasteiger partial charge in [0.2, 0.25) is 5.91 Å². The van der Waals surface area contributed by atoms with Crippen LogP contribution >= 0.6 is 0 Å². The topological polar surface area (TPSA) is 43.9 Å². The Bertz CT molecular complexity index is 392. The van der Waals surface area contributed by atoms with Gasteiger partial charge >= 0.3 is 12.1 Å².